The average Bonchev–Trinajstić information content (AvgIpc) is 2.69. The van der Waals surface area contributed by atoms with Crippen molar-refractivity contribution in [2.45, 2.75) is 12.8 Å². The summed E-state index contributed by atoms with van der Waals surface area (Å²) in [7, 11) is 1.71. The van der Waals surface area contributed by atoms with E-state index in [1.54, 1.807) is 7.05 Å². The van der Waals surface area contributed by atoms with E-state index in [2.05, 4.69) is 5.10 Å². The van der Waals surface area contributed by atoms with Crippen LogP contribution in [0.15, 0.2) is 6.20 Å². The molecule has 2 N–H and O–H groups in total. The van der Waals surface area contributed by atoms with Crippen molar-refractivity contribution in [2.75, 3.05) is 19.8 Å². The van der Waals surface area contributed by atoms with Crippen LogP contribution in [0.4, 0.5) is 0 Å². The smallest absolute Gasteiger partial charge is 0.189 e. The van der Waals surface area contributed by atoms with Crippen molar-refractivity contribution in [2.24, 2.45) is 18.2 Å². The van der Waals surface area contributed by atoms with E-state index in [0.717, 1.165) is 0 Å². The lowest BCUT2D eigenvalue weighted by molar-refractivity contribution is 0.0194. The molecule has 0 amide bonds. The zero-order valence-electron chi connectivity index (χ0n) is 9.78. The summed E-state index contributed by atoms with van der Waals surface area (Å²) >= 11 is 6.00. The Morgan fingerprint density at radius 3 is 2.76 bits per heavy atom. The Morgan fingerprint density at radius 2 is 2.29 bits per heavy atom. The van der Waals surface area contributed by atoms with E-state index in [1.165, 1.54) is 10.9 Å². The first-order chi connectivity index (χ1) is 8.10. The molecule has 1 saturated heterocycles. The summed E-state index contributed by atoms with van der Waals surface area (Å²) in [5.74, 6) is -0.0201. The monoisotopic (exact) mass is 257 g/mol. The molecule has 2 heterocycles. The number of nitrogens with two attached hydrogens (primary N) is 1. The summed E-state index contributed by atoms with van der Waals surface area (Å²) in [6.07, 6.45) is 2.77. The van der Waals surface area contributed by atoms with Crippen molar-refractivity contribution in [3.63, 3.8) is 0 Å². The number of rotatable bonds is 3. The van der Waals surface area contributed by atoms with Gasteiger partial charge in [0.25, 0.3) is 0 Å². The molecule has 6 heteroatoms. The van der Waals surface area contributed by atoms with Gasteiger partial charge in [-0.3, -0.25) is 9.48 Å². The Labute approximate surface area is 105 Å². The first-order valence-corrected chi connectivity index (χ1v) is 5.99. The topological polar surface area (TPSA) is 70.1 Å². The molecule has 0 saturated carbocycles. The Balaban J connectivity index is 2.35. The van der Waals surface area contributed by atoms with Gasteiger partial charge in [-0.1, -0.05) is 11.6 Å². The second-order valence-electron chi connectivity index (χ2n) is 4.39. The van der Waals surface area contributed by atoms with Crippen LogP contribution in [-0.2, 0) is 11.8 Å². The number of carbonyl (C=O) groups excluding carboxylic acids is 1. The van der Waals surface area contributed by atoms with Crippen LogP contribution >= 0.6 is 11.6 Å². The molecule has 17 heavy (non-hydrogen) atoms. The van der Waals surface area contributed by atoms with E-state index in [0.29, 0.717) is 43.3 Å². The molecule has 1 aliphatic heterocycles. The summed E-state index contributed by atoms with van der Waals surface area (Å²) in [6, 6.07) is 0. The molecule has 1 aromatic heterocycles. The lowest BCUT2D eigenvalue weighted by Gasteiger charge is -2.34. The molecule has 0 atom stereocenters. The van der Waals surface area contributed by atoms with Crippen LogP contribution in [0.5, 0.6) is 0 Å². The first-order valence-electron chi connectivity index (χ1n) is 5.61. The van der Waals surface area contributed by atoms with Gasteiger partial charge in [0.2, 0.25) is 0 Å². The minimum Gasteiger partial charge on any atom is -0.381 e. The standard InChI is InChI=1S/C11H16ClN3O2/c1-15-9(8(12)6-14-15)10(16)11(7-13)2-4-17-5-3-11/h6H,2-5,7,13H2,1H3. The van der Waals surface area contributed by atoms with E-state index in [-0.39, 0.29) is 5.78 Å². The molecule has 2 rings (SSSR count). The van der Waals surface area contributed by atoms with Crippen LogP contribution in [-0.4, -0.2) is 35.3 Å². The maximum Gasteiger partial charge on any atom is 0.189 e. The highest BCUT2D eigenvalue weighted by molar-refractivity contribution is 6.33. The van der Waals surface area contributed by atoms with Crippen molar-refractivity contribution in [1.29, 1.82) is 0 Å². The summed E-state index contributed by atoms with van der Waals surface area (Å²) in [5, 5.41) is 4.38. The van der Waals surface area contributed by atoms with Crippen LogP contribution in [0, 0.1) is 5.41 Å². The Morgan fingerprint density at radius 1 is 1.65 bits per heavy atom. The Hall–Kier alpha value is -0.910. The van der Waals surface area contributed by atoms with Crippen LogP contribution in [0.25, 0.3) is 0 Å². The number of hydrogen-bond donors (Lipinski definition) is 1. The summed E-state index contributed by atoms with van der Waals surface area (Å²) in [4.78, 5) is 12.6. The van der Waals surface area contributed by atoms with E-state index >= 15 is 0 Å². The minimum absolute atomic E-state index is 0.0201. The van der Waals surface area contributed by atoms with Crippen molar-refractivity contribution in [3.05, 3.63) is 16.9 Å². The molecule has 0 spiro atoms. The number of halogens is 1. The second-order valence-corrected chi connectivity index (χ2v) is 4.80. The van der Waals surface area contributed by atoms with Gasteiger partial charge in [-0.15, -0.1) is 0 Å². The van der Waals surface area contributed by atoms with Gasteiger partial charge in [0, 0.05) is 26.8 Å². The Kier molecular flexibility index (Phi) is 3.51. The van der Waals surface area contributed by atoms with Gasteiger partial charge >= 0.3 is 0 Å². The number of carbonyl (C=O) groups is 1. The van der Waals surface area contributed by atoms with Gasteiger partial charge in [0.1, 0.15) is 5.69 Å². The van der Waals surface area contributed by atoms with Gasteiger partial charge in [0.05, 0.1) is 16.6 Å². The molecule has 0 aliphatic carbocycles. The second kappa shape index (κ2) is 4.76. The normalized spacial score (nSPS) is 19.2. The minimum atomic E-state index is -0.546. The SMILES string of the molecule is Cn1ncc(Cl)c1C(=O)C1(CN)CCOCC1. The number of aromatic nitrogens is 2. The van der Waals surface area contributed by atoms with Crippen molar-refractivity contribution < 1.29 is 9.53 Å². The van der Waals surface area contributed by atoms with Crippen LogP contribution in [0.2, 0.25) is 5.02 Å². The van der Waals surface area contributed by atoms with Gasteiger partial charge in [-0.2, -0.15) is 5.10 Å². The fourth-order valence-electron chi connectivity index (χ4n) is 2.20. The maximum atomic E-state index is 12.6. The number of nitrogens with zero attached hydrogens (tertiary/aromatic N) is 2. The first kappa shape index (κ1) is 12.5. The number of aryl methyl sites for hydroxylation is 1. The van der Waals surface area contributed by atoms with Crippen molar-refractivity contribution in [1.82, 2.24) is 9.78 Å². The zero-order valence-corrected chi connectivity index (χ0v) is 10.5. The molecule has 1 aromatic rings. The third-order valence-corrected chi connectivity index (χ3v) is 3.71. The quantitative estimate of drug-likeness (QED) is 0.821. The lowest BCUT2D eigenvalue weighted by atomic mass is 9.75. The van der Waals surface area contributed by atoms with E-state index in [4.69, 9.17) is 22.1 Å². The molecule has 5 nitrogen and oxygen atoms in total. The predicted molar refractivity (Wildman–Crippen MR) is 64.1 cm³/mol. The highest BCUT2D eigenvalue weighted by Crippen LogP contribution is 2.34. The Bertz CT molecular complexity index is 405. The van der Waals surface area contributed by atoms with Crippen molar-refractivity contribution >= 4 is 17.4 Å². The van der Waals surface area contributed by atoms with Gasteiger partial charge in [0.15, 0.2) is 5.78 Å². The van der Waals surface area contributed by atoms with Gasteiger partial charge in [-0.25, -0.2) is 0 Å². The number of ketones is 1. The van der Waals surface area contributed by atoms with Crippen LogP contribution in [0.3, 0.4) is 0 Å². The zero-order chi connectivity index (χ0) is 12.5. The van der Waals surface area contributed by atoms with E-state index in [1.807, 2.05) is 0 Å². The average molecular weight is 258 g/mol. The molecule has 0 radical (unpaired) electrons. The third kappa shape index (κ3) is 2.10. The summed E-state index contributed by atoms with van der Waals surface area (Å²) < 4.78 is 6.80. The maximum absolute atomic E-state index is 12.6. The van der Waals surface area contributed by atoms with Gasteiger partial charge < -0.3 is 10.5 Å². The van der Waals surface area contributed by atoms with E-state index < -0.39 is 5.41 Å². The largest absolute Gasteiger partial charge is 0.381 e. The number of ether oxygens (including phenoxy) is 1. The summed E-state index contributed by atoms with van der Waals surface area (Å²) in [6.45, 7) is 1.45. The number of hydrogen-bond acceptors (Lipinski definition) is 4. The molecular weight excluding hydrogens is 242 g/mol. The molecule has 0 unspecified atom stereocenters. The fourth-order valence-corrected chi connectivity index (χ4v) is 2.46. The third-order valence-electron chi connectivity index (χ3n) is 3.43. The molecular formula is C11H16ClN3O2. The predicted octanol–water partition coefficient (Wildman–Crippen LogP) is 1.01. The van der Waals surface area contributed by atoms with Crippen LogP contribution < -0.4 is 5.73 Å². The lowest BCUT2D eigenvalue weighted by Crippen LogP contribution is -2.44. The highest BCUT2D eigenvalue weighted by Gasteiger charge is 2.41. The fraction of sp³-hybridized carbons (Fsp3) is 0.636. The molecule has 94 valence electrons. The van der Waals surface area contributed by atoms with Gasteiger partial charge in [-0.05, 0) is 12.8 Å². The van der Waals surface area contributed by atoms with Crippen molar-refractivity contribution in [3.8, 4) is 0 Å². The van der Waals surface area contributed by atoms with E-state index in [9.17, 15) is 4.79 Å². The van der Waals surface area contributed by atoms with Crippen LogP contribution in [0.1, 0.15) is 23.3 Å². The molecule has 1 aliphatic rings. The molecule has 1 fully saturated rings. The highest BCUT2D eigenvalue weighted by atomic mass is 35.5. The molecule has 0 bridgehead atoms. The number of Topliss-reactive ketones (excluding diaryl/α,β-unsaturated/α-hetero) is 1. The summed E-state index contributed by atoms with van der Waals surface area (Å²) in [5.41, 5.74) is 5.69. The molecule has 0 aromatic carbocycles.